The summed E-state index contributed by atoms with van der Waals surface area (Å²) in [6, 6.07) is 6.74. The first-order valence-electron chi connectivity index (χ1n) is 8.96. The highest BCUT2D eigenvalue weighted by atomic mass is 16.3. The van der Waals surface area contributed by atoms with E-state index in [1.165, 1.54) is 30.3 Å². The molecule has 28 heavy (non-hydrogen) atoms. The highest BCUT2D eigenvalue weighted by Gasteiger charge is 2.28. The van der Waals surface area contributed by atoms with E-state index in [4.69, 9.17) is 0 Å². The van der Waals surface area contributed by atoms with E-state index in [0.29, 0.717) is 12.8 Å². The lowest BCUT2D eigenvalue weighted by molar-refractivity contribution is -0.317. The lowest BCUT2D eigenvalue weighted by Crippen LogP contribution is -2.53. The van der Waals surface area contributed by atoms with Crippen molar-refractivity contribution in [2.45, 2.75) is 37.8 Å². The summed E-state index contributed by atoms with van der Waals surface area (Å²) in [7, 11) is 0. The lowest BCUT2D eigenvalue weighted by atomic mass is 9.89. The van der Waals surface area contributed by atoms with Gasteiger partial charge in [0, 0.05) is 23.2 Å². The number of nitrogens with one attached hydrogen (secondary N) is 2. The largest absolute Gasteiger partial charge is 0.873 e. The second kappa shape index (κ2) is 8.08. The number of amides is 2. The highest BCUT2D eigenvalue weighted by Crippen LogP contribution is 2.27. The molecule has 3 rings (SSSR count). The quantitative estimate of drug-likeness (QED) is 0.681. The molecule has 2 unspecified atom stereocenters. The van der Waals surface area contributed by atoms with Crippen molar-refractivity contribution >= 4 is 11.8 Å². The van der Waals surface area contributed by atoms with E-state index in [1.807, 2.05) is 0 Å². The Morgan fingerprint density at radius 3 is 1.89 bits per heavy atom. The van der Waals surface area contributed by atoms with Gasteiger partial charge >= 0.3 is 0 Å². The molecular weight excluding hydrogens is 364 g/mol. The van der Waals surface area contributed by atoms with Crippen molar-refractivity contribution in [2.75, 3.05) is 0 Å². The normalized spacial score (nSPS) is 19.0. The summed E-state index contributed by atoms with van der Waals surface area (Å²) < 4.78 is 0. The molecule has 3 N–H and O–H groups in total. The fourth-order valence-corrected chi connectivity index (χ4v) is 3.37. The van der Waals surface area contributed by atoms with Gasteiger partial charge < -0.3 is 31.1 Å². The molecular formula is C20H19N2O6-3. The fourth-order valence-electron chi connectivity index (χ4n) is 3.37. The number of aromatic hydroxyl groups is 1. The Labute approximate surface area is 161 Å². The van der Waals surface area contributed by atoms with Crippen LogP contribution in [0.3, 0.4) is 0 Å². The lowest BCUT2D eigenvalue weighted by Gasteiger charge is -2.34. The summed E-state index contributed by atoms with van der Waals surface area (Å²) in [5, 5.41) is 50.2. The number of para-hydroxylation sites is 2. The second-order valence-corrected chi connectivity index (χ2v) is 6.73. The number of carbonyl (C=O) groups excluding carboxylic acids is 2. The minimum Gasteiger partial charge on any atom is -0.873 e. The van der Waals surface area contributed by atoms with Crippen LogP contribution in [0.1, 0.15) is 46.4 Å². The van der Waals surface area contributed by atoms with Gasteiger partial charge in [0.2, 0.25) is 0 Å². The summed E-state index contributed by atoms with van der Waals surface area (Å²) in [6.07, 6.45) is 2.80. The maximum absolute atomic E-state index is 12.5. The van der Waals surface area contributed by atoms with Gasteiger partial charge in [0.15, 0.2) is 0 Å². The zero-order chi connectivity index (χ0) is 20.3. The van der Waals surface area contributed by atoms with Crippen LogP contribution in [0.5, 0.6) is 23.0 Å². The molecule has 2 aromatic carbocycles. The standard InChI is InChI=1S/C20H22N2O6/c23-15-9-3-5-11(17(15)25)19(27)21-13-7-1-2-8-14(13)22-20(28)12-6-4-10-16(24)18(12)26/h3-6,9-10,13-14,23-26H,1-2,7-8H2,(H,21,27)(H,22,28)/p-3. The summed E-state index contributed by atoms with van der Waals surface area (Å²) in [5.74, 6) is -4.21. The van der Waals surface area contributed by atoms with Crippen molar-refractivity contribution in [3.63, 3.8) is 0 Å². The third kappa shape index (κ3) is 3.95. The fraction of sp³-hybridized carbons (Fsp3) is 0.300. The Hall–Kier alpha value is -3.42. The van der Waals surface area contributed by atoms with Gasteiger partial charge in [-0.1, -0.05) is 42.9 Å². The molecule has 0 spiro atoms. The van der Waals surface area contributed by atoms with Crippen LogP contribution in [0.2, 0.25) is 0 Å². The topological polar surface area (TPSA) is 148 Å². The SMILES string of the molecule is O=C(NC1CCCCC1NC(=O)c1cccc(O)c1[O-])c1cccc([O-])c1[O-]. The third-order valence-electron chi connectivity index (χ3n) is 4.86. The number of phenols is 1. The Balaban J connectivity index is 1.73. The minimum atomic E-state index is -0.868. The maximum atomic E-state index is 12.5. The van der Waals surface area contributed by atoms with Crippen LogP contribution in [0.15, 0.2) is 36.4 Å². The van der Waals surface area contributed by atoms with E-state index in [1.54, 1.807) is 0 Å². The van der Waals surface area contributed by atoms with Crippen LogP contribution in [0.4, 0.5) is 0 Å². The van der Waals surface area contributed by atoms with Gasteiger partial charge in [-0.3, -0.25) is 9.59 Å². The molecule has 2 aromatic rings. The number of carbonyl (C=O) groups is 2. The molecule has 8 heteroatoms. The molecule has 1 aliphatic carbocycles. The predicted octanol–water partition coefficient (Wildman–Crippen LogP) is 0.0840. The summed E-state index contributed by atoms with van der Waals surface area (Å²) in [4.78, 5) is 24.9. The van der Waals surface area contributed by atoms with E-state index in [2.05, 4.69) is 10.6 Å². The average Bonchev–Trinajstić information content (AvgIpc) is 2.67. The zero-order valence-corrected chi connectivity index (χ0v) is 14.9. The van der Waals surface area contributed by atoms with Crippen LogP contribution in [-0.4, -0.2) is 29.0 Å². The van der Waals surface area contributed by atoms with E-state index in [9.17, 15) is 30.0 Å². The smallest absolute Gasteiger partial charge is 0.251 e. The molecule has 1 fully saturated rings. The van der Waals surface area contributed by atoms with Gasteiger partial charge in [-0.2, -0.15) is 0 Å². The van der Waals surface area contributed by atoms with E-state index >= 15 is 0 Å². The van der Waals surface area contributed by atoms with Gasteiger partial charge in [-0.15, -0.1) is 11.5 Å². The number of hydrogen-bond acceptors (Lipinski definition) is 6. The first-order chi connectivity index (χ1) is 13.4. The summed E-state index contributed by atoms with van der Waals surface area (Å²) in [5.41, 5.74) is -0.422. The van der Waals surface area contributed by atoms with Gasteiger partial charge in [0.05, 0.1) is 0 Å². The molecule has 2 atom stereocenters. The zero-order valence-electron chi connectivity index (χ0n) is 14.9. The van der Waals surface area contributed by atoms with Gasteiger partial charge in [0.1, 0.15) is 5.75 Å². The van der Waals surface area contributed by atoms with Crippen LogP contribution >= 0.6 is 0 Å². The minimum absolute atomic E-state index is 0.184. The van der Waals surface area contributed by atoms with Gasteiger partial charge in [0.25, 0.3) is 11.8 Å². The summed E-state index contributed by atoms with van der Waals surface area (Å²) >= 11 is 0. The molecule has 148 valence electrons. The number of rotatable bonds is 4. The molecule has 1 aliphatic rings. The van der Waals surface area contributed by atoms with Crippen molar-refractivity contribution in [2.24, 2.45) is 0 Å². The molecule has 0 bridgehead atoms. The number of phenolic OH excluding ortho intramolecular Hbond substituents is 1. The Morgan fingerprint density at radius 1 is 0.821 bits per heavy atom. The monoisotopic (exact) mass is 383 g/mol. The van der Waals surface area contributed by atoms with Crippen LogP contribution < -0.4 is 26.0 Å². The van der Waals surface area contributed by atoms with Crippen molar-refractivity contribution in [1.29, 1.82) is 0 Å². The first kappa shape index (κ1) is 19.3. The van der Waals surface area contributed by atoms with Crippen LogP contribution in [-0.2, 0) is 0 Å². The average molecular weight is 383 g/mol. The van der Waals surface area contributed by atoms with Crippen molar-refractivity contribution in [3.05, 3.63) is 47.5 Å². The predicted molar refractivity (Wildman–Crippen MR) is 93.9 cm³/mol. The second-order valence-electron chi connectivity index (χ2n) is 6.73. The Morgan fingerprint density at radius 2 is 1.32 bits per heavy atom. The number of benzene rings is 2. The highest BCUT2D eigenvalue weighted by molar-refractivity contribution is 5.98. The van der Waals surface area contributed by atoms with Crippen molar-refractivity contribution < 1.29 is 30.0 Å². The van der Waals surface area contributed by atoms with Crippen molar-refractivity contribution in [3.8, 4) is 23.0 Å². The molecule has 0 aromatic heterocycles. The van der Waals surface area contributed by atoms with Gasteiger partial charge in [-0.25, -0.2) is 0 Å². The molecule has 1 saturated carbocycles. The third-order valence-corrected chi connectivity index (χ3v) is 4.86. The van der Waals surface area contributed by atoms with E-state index in [-0.39, 0.29) is 11.1 Å². The van der Waals surface area contributed by atoms with E-state index in [0.717, 1.165) is 18.9 Å². The molecule has 0 radical (unpaired) electrons. The van der Waals surface area contributed by atoms with Crippen molar-refractivity contribution in [1.82, 2.24) is 10.6 Å². The molecule has 0 saturated heterocycles. The Bertz CT molecular complexity index is 825. The maximum Gasteiger partial charge on any atom is 0.251 e. The number of hydrogen-bond donors (Lipinski definition) is 3. The molecule has 2 amide bonds. The first-order valence-corrected chi connectivity index (χ1v) is 8.96. The van der Waals surface area contributed by atoms with Crippen LogP contribution in [0, 0.1) is 0 Å². The van der Waals surface area contributed by atoms with Gasteiger partial charge in [-0.05, 0) is 25.0 Å². The molecule has 0 heterocycles. The molecule has 8 nitrogen and oxygen atoms in total. The summed E-state index contributed by atoms with van der Waals surface area (Å²) in [6.45, 7) is 0. The van der Waals surface area contributed by atoms with E-state index < -0.39 is 46.9 Å². The molecule has 0 aliphatic heterocycles. The van der Waals surface area contributed by atoms with Crippen LogP contribution in [0.25, 0.3) is 0 Å². The Kier molecular flexibility index (Phi) is 5.58.